The van der Waals surface area contributed by atoms with Crippen molar-refractivity contribution < 1.29 is 4.74 Å². The Bertz CT molecular complexity index is 876. The fraction of sp³-hybridized carbons (Fsp3) is 0.294. The second kappa shape index (κ2) is 5.62. The van der Waals surface area contributed by atoms with Gasteiger partial charge >= 0.3 is 0 Å². The number of ether oxygens (including phenoxy) is 1. The number of rotatable bonds is 2. The molecule has 0 spiro atoms. The zero-order valence-electron chi connectivity index (χ0n) is 13.0. The van der Waals surface area contributed by atoms with Gasteiger partial charge in [0, 0.05) is 30.1 Å². The zero-order valence-corrected chi connectivity index (χ0v) is 14.5. The smallest absolute Gasteiger partial charge is 0.155 e. The lowest BCUT2D eigenvalue weighted by Gasteiger charge is -2.31. The average molecular weight is 373 g/mol. The van der Waals surface area contributed by atoms with Gasteiger partial charge in [0.2, 0.25) is 0 Å². The normalized spacial score (nSPS) is 20.5. The van der Waals surface area contributed by atoms with Crippen molar-refractivity contribution in [2.75, 3.05) is 7.11 Å². The topological polar surface area (TPSA) is 51.5 Å². The standard InChI is InChI=1S/C17H17BrN4O/c1-10-12-4-3-5-16(23-2)13(12)6-14(20-10)15-7-17-19-8-11(18)9-22(17)21-15/h3-5,7-10,14,20H,6H2,1-2H3. The molecule has 5 nitrogen and oxygen atoms in total. The van der Waals surface area contributed by atoms with Crippen LogP contribution in [0.25, 0.3) is 5.65 Å². The van der Waals surface area contributed by atoms with Gasteiger partial charge in [0.15, 0.2) is 5.65 Å². The van der Waals surface area contributed by atoms with Crippen LogP contribution in [0.5, 0.6) is 5.75 Å². The predicted octanol–water partition coefficient (Wildman–Crippen LogP) is 3.45. The monoisotopic (exact) mass is 372 g/mol. The minimum atomic E-state index is 0.147. The molecule has 2 atom stereocenters. The second-order valence-electron chi connectivity index (χ2n) is 5.82. The second-order valence-corrected chi connectivity index (χ2v) is 6.73. The van der Waals surface area contributed by atoms with Crippen LogP contribution in [0.1, 0.15) is 35.8 Å². The van der Waals surface area contributed by atoms with Crippen molar-refractivity contribution in [1.29, 1.82) is 0 Å². The van der Waals surface area contributed by atoms with Gasteiger partial charge in [-0.1, -0.05) is 12.1 Å². The largest absolute Gasteiger partial charge is 0.496 e. The number of fused-ring (bicyclic) bond motifs is 2. The third-order valence-electron chi connectivity index (χ3n) is 4.37. The molecule has 1 N–H and O–H groups in total. The molecule has 0 saturated carbocycles. The van der Waals surface area contributed by atoms with Crippen molar-refractivity contribution in [2.24, 2.45) is 0 Å². The van der Waals surface area contributed by atoms with Crippen molar-refractivity contribution >= 4 is 21.6 Å². The summed E-state index contributed by atoms with van der Waals surface area (Å²) < 4.78 is 8.27. The van der Waals surface area contributed by atoms with Crippen molar-refractivity contribution in [3.05, 3.63) is 58.0 Å². The van der Waals surface area contributed by atoms with E-state index in [4.69, 9.17) is 4.74 Å². The van der Waals surface area contributed by atoms with Crippen LogP contribution in [0, 0.1) is 0 Å². The Morgan fingerprint density at radius 3 is 3.09 bits per heavy atom. The van der Waals surface area contributed by atoms with Crippen molar-refractivity contribution in [1.82, 2.24) is 19.9 Å². The van der Waals surface area contributed by atoms with Crippen LogP contribution in [0.4, 0.5) is 0 Å². The van der Waals surface area contributed by atoms with Gasteiger partial charge in [0.1, 0.15) is 5.75 Å². The molecule has 1 aromatic carbocycles. The van der Waals surface area contributed by atoms with Gasteiger partial charge < -0.3 is 10.1 Å². The first-order valence-corrected chi connectivity index (χ1v) is 8.37. The molecule has 0 amide bonds. The minimum absolute atomic E-state index is 0.147. The summed E-state index contributed by atoms with van der Waals surface area (Å²) in [7, 11) is 1.73. The van der Waals surface area contributed by atoms with E-state index in [0.717, 1.165) is 28.0 Å². The first-order valence-electron chi connectivity index (χ1n) is 7.58. The van der Waals surface area contributed by atoms with Gasteiger partial charge in [-0.3, -0.25) is 0 Å². The highest BCUT2D eigenvalue weighted by Gasteiger charge is 2.28. The van der Waals surface area contributed by atoms with Gasteiger partial charge in [0.05, 0.1) is 23.3 Å². The van der Waals surface area contributed by atoms with Crippen molar-refractivity contribution in [3.63, 3.8) is 0 Å². The van der Waals surface area contributed by atoms with E-state index in [-0.39, 0.29) is 12.1 Å². The highest BCUT2D eigenvalue weighted by Crippen LogP contribution is 2.36. The molecule has 3 heterocycles. The van der Waals surface area contributed by atoms with E-state index in [9.17, 15) is 0 Å². The number of methoxy groups -OCH3 is 1. The maximum absolute atomic E-state index is 5.55. The van der Waals surface area contributed by atoms with Gasteiger partial charge in [-0.05, 0) is 40.9 Å². The zero-order chi connectivity index (χ0) is 16.0. The summed E-state index contributed by atoms with van der Waals surface area (Å²) in [5.41, 5.74) is 4.41. The molecule has 118 valence electrons. The summed E-state index contributed by atoms with van der Waals surface area (Å²) in [5, 5.41) is 8.33. The van der Waals surface area contributed by atoms with Crippen LogP contribution in [-0.2, 0) is 6.42 Å². The number of benzene rings is 1. The average Bonchev–Trinajstić information content (AvgIpc) is 2.97. The molecule has 23 heavy (non-hydrogen) atoms. The van der Waals surface area contributed by atoms with Crippen molar-refractivity contribution in [3.8, 4) is 5.75 Å². The molecule has 1 aliphatic rings. The fourth-order valence-corrected chi connectivity index (χ4v) is 3.58. The molecule has 0 bridgehead atoms. The van der Waals surface area contributed by atoms with E-state index in [2.05, 4.69) is 44.3 Å². The summed E-state index contributed by atoms with van der Waals surface area (Å²) in [5.74, 6) is 0.950. The molecule has 6 heteroatoms. The fourth-order valence-electron chi connectivity index (χ4n) is 3.29. The van der Waals surface area contributed by atoms with Crippen LogP contribution < -0.4 is 10.1 Å². The Kier molecular flexibility index (Phi) is 3.58. The Hall–Kier alpha value is -1.92. The summed E-state index contributed by atoms with van der Waals surface area (Å²) in [6, 6.07) is 8.67. The van der Waals surface area contributed by atoms with E-state index in [1.807, 2.05) is 28.9 Å². The Labute approximate surface area is 142 Å². The number of hydrogen-bond acceptors (Lipinski definition) is 4. The SMILES string of the molecule is COc1cccc2c1CC(c1cc3ncc(Br)cn3n1)NC2C. The van der Waals surface area contributed by atoms with E-state index >= 15 is 0 Å². The van der Waals surface area contributed by atoms with Gasteiger partial charge in [0.25, 0.3) is 0 Å². The third-order valence-corrected chi connectivity index (χ3v) is 4.78. The molecular weight excluding hydrogens is 356 g/mol. The molecule has 2 aromatic heterocycles. The van der Waals surface area contributed by atoms with Crippen LogP contribution in [0.3, 0.4) is 0 Å². The van der Waals surface area contributed by atoms with Crippen LogP contribution in [0.2, 0.25) is 0 Å². The Morgan fingerprint density at radius 1 is 1.39 bits per heavy atom. The molecule has 0 saturated heterocycles. The Balaban J connectivity index is 1.75. The first kappa shape index (κ1) is 14.7. The summed E-state index contributed by atoms with van der Waals surface area (Å²) in [6.45, 7) is 2.18. The molecule has 2 unspecified atom stereocenters. The van der Waals surface area contributed by atoms with Gasteiger partial charge in [-0.15, -0.1) is 0 Å². The summed E-state index contributed by atoms with van der Waals surface area (Å²) >= 11 is 3.43. The van der Waals surface area contributed by atoms with E-state index in [1.54, 1.807) is 13.3 Å². The number of nitrogens with zero attached hydrogens (tertiary/aromatic N) is 3. The van der Waals surface area contributed by atoms with Crippen LogP contribution in [-0.4, -0.2) is 21.7 Å². The third kappa shape index (κ3) is 2.52. The maximum Gasteiger partial charge on any atom is 0.155 e. The number of halogens is 1. The van der Waals surface area contributed by atoms with Crippen molar-refractivity contribution in [2.45, 2.75) is 25.4 Å². The molecule has 1 aliphatic heterocycles. The summed E-state index contributed by atoms with van der Waals surface area (Å²) in [4.78, 5) is 4.39. The molecule has 0 radical (unpaired) electrons. The number of hydrogen-bond donors (Lipinski definition) is 1. The lowest BCUT2D eigenvalue weighted by Crippen LogP contribution is -2.32. The highest BCUT2D eigenvalue weighted by atomic mass is 79.9. The molecular formula is C17H17BrN4O. The van der Waals surface area contributed by atoms with Gasteiger partial charge in [-0.2, -0.15) is 5.10 Å². The highest BCUT2D eigenvalue weighted by molar-refractivity contribution is 9.10. The van der Waals surface area contributed by atoms with E-state index in [0.29, 0.717) is 0 Å². The maximum atomic E-state index is 5.55. The number of nitrogens with one attached hydrogen (secondary N) is 1. The molecule has 0 fully saturated rings. The lowest BCUT2D eigenvalue weighted by atomic mass is 9.89. The minimum Gasteiger partial charge on any atom is -0.496 e. The lowest BCUT2D eigenvalue weighted by molar-refractivity contribution is 0.381. The Morgan fingerprint density at radius 2 is 2.26 bits per heavy atom. The quantitative estimate of drug-likeness (QED) is 0.748. The molecule has 0 aliphatic carbocycles. The van der Waals surface area contributed by atoms with E-state index < -0.39 is 0 Å². The van der Waals surface area contributed by atoms with Crippen LogP contribution >= 0.6 is 15.9 Å². The first-order chi connectivity index (χ1) is 11.2. The van der Waals surface area contributed by atoms with Crippen LogP contribution in [0.15, 0.2) is 41.1 Å². The predicted molar refractivity (Wildman–Crippen MR) is 91.7 cm³/mol. The molecule has 3 aromatic rings. The molecule has 4 rings (SSSR count). The summed E-state index contributed by atoms with van der Waals surface area (Å²) in [6.07, 6.45) is 4.57. The van der Waals surface area contributed by atoms with Gasteiger partial charge in [-0.25, -0.2) is 9.50 Å². The van der Waals surface area contributed by atoms with E-state index in [1.165, 1.54) is 11.1 Å². The number of aromatic nitrogens is 3.